The Hall–Kier alpha value is -2.17. The molecule has 1 aromatic carbocycles. The minimum atomic E-state index is -1.06. The first kappa shape index (κ1) is 12.6. The van der Waals surface area contributed by atoms with E-state index in [9.17, 15) is 14.4 Å². The minimum Gasteiger partial charge on any atom is -0.478 e. The maximum Gasteiger partial charge on any atom is 0.335 e. The standard InChI is InChI=1S/C16H15NO4/c18-14-12-8-4-5-9(6-8)13(12)15(19)17(14)11-3-1-2-10(7-11)16(20)21/h1-3,7-9,12-13H,4-6H2,(H,20,21). The third-order valence-electron chi connectivity index (χ3n) is 5.28. The number of anilines is 1. The van der Waals surface area contributed by atoms with Crippen LogP contribution in [0.3, 0.4) is 0 Å². The summed E-state index contributed by atoms with van der Waals surface area (Å²) in [4.78, 5) is 37.5. The number of carboxylic acid groups (broad SMARTS) is 1. The molecular formula is C16H15NO4. The molecule has 108 valence electrons. The van der Waals surface area contributed by atoms with Gasteiger partial charge in [0.25, 0.3) is 0 Å². The van der Waals surface area contributed by atoms with E-state index >= 15 is 0 Å². The third-order valence-corrected chi connectivity index (χ3v) is 5.28. The summed E-state index contributed by atoms with van der Waals surface area (Å²) in [5, 5.41) is 9.05. The van der Waals surface area contributed by atoms with E-state index in [4.69, 9.17) is 5.11 Å². The molecule has 4 atom stereocenters. The monoisotopic (exact) mass is 285 g/mol. The van der Waals surface area contributed by atoms with Gasteiger partial charge in [-0.2, -0.15) is 0 Å². The normalized spacial score (nSPS) is 33.6. The fourth-order valence-corrected chi connectivity index (χ4v) is 4.44. The van der Waals surface area contributed by atoms with E-state index < -0.39 is 5.97 Å². The Morgan fingerprint density at radius 1 is 1.10 bits per heavy atom. The van der Waals surface area contributed by atoms with Gasteiger partial charge in [-0.25, -0.2) is 4.79 Å². The number of nitrogens with zero attached hydrogens (tertiary/aromatic N) is 1. The molecule has 1 aliphatic heterocycles. The molecule has 5 nitrogen and oxygen atoms in total. The molecule has 0 aromatic heterocycles. The van der Waals surface area contributed by atoms with Gasteiger partial charge < -0.3 is 5.11 Å². The molecule has 3 aliphatic rings. The smallest absolute Gasteiger partial charge is 0.335 e. The SMILES string of the molecule is O=C(O)c1cccc(N2C(=O)C3C4CCC(C4)C3C2=O)c1. The van der Waals surface area contributed by atoms with Crippen molar-refractivity contribution in [2.75, 3.05) is 4.90 Å². The van der Waals surface area contributed by atoms with Gasteiger partial charge in [-0.3, -0.25) is 14.5 Å². The molecule has 0 radical (unpaired) electrons. The molecule has 1 N–H and O–H groups in total. The number of carbonyl (C=O) groups is 3. The Morgan fingerprint density at radius 2 is 1.71 bits per heavy atom. The van der Waals surface area contributed by atoms with Crippen LogP contribution in [0.1, 0.15) is 29.6 Å². The van der Waals surface area contributed by atoms with Crippen LogP contribution in [0.15, 0.2) is 24.3 Å². The van der Waals surface area contributed by atoms with E-state index in [1.807, 2.05) is 0 Å². The van der Waals surface area contributed by atoms with Crippen molar-refractivity contribution in [2.45, 2.75) is 19.3 Å². The molecule has 2 amide bonds. The second kappa shape index (κ2) is 4.16. The van der Waals surface area contributed by atoms with Crippen molar-refractivity contribution >= 4 is 23.5 Å². The first-order chi connectivity index (χ1) is 10.1. The van der Waals surface area contributed by atoms with Crippen molar-refractivity contribution in [1.82, 2.24) is 0 Å². The highest BCUT2D eigenvalue weighted by Gasteiger charge is 2.61. The number of rotatable bonds is 2. The number of carboxylic acids is 1. The predicted octanol–water partition coefficient (Wildman–Crippen LogP) is 1.92. The van der Waals surface area contributed by atoms with Gasteiger partial charge in [-0.1, -0.05) is 6.07 Å². The number of aromatic carboxylic acids is 1. The van der Waals surface area contributed by atoms with Crippen molar-refractivity contribution in [3.8, 4) is 0 Å². The van der Waals surface area contributed by atoms with Gasteiger partial charge in [0.05, 0.1) is 23.1 Å². The van der Waals surface area contributed by atoms with Gasteiger partial charge in [0.1, 0.15) is 0 Å². The van der Waals surface area contributed by atoms with Crippen LogP contribution in [0.25, 0.3) is 0 Å². The van der Waals surface area contributed by atoms with E-state index in [1.165, 1.54) is 17.0 Å². The lowest BCUT2D eigenvalue weighted by Crippen LogP contribution is -2.32. The van der Waals surface area contributed by atoms with Crippen molar-refractivity contribution in [2.24, 2.45) is 23.7 Å². The zero-order valence-electron chi connectivity index (χ0n) is 11.4. The molecule has 2 bridgehead atoms. The van der Waals surface area contributed by atoms with Crippen molar-refractivity contribution < 1.29 is 19.5 Å². The van der Waals surface area contributed by atoms with Crippen LogP contribution in [-0.2, 0) is 9.59 Å². The topological polar surface area (TPSA) is 74.7 Å². The number of benzene rings is 1. The molecule has 5 heteroatoms. The van der Waals surface area contributed by atoms with E-state index in [0.717, 1.165) is 19.3 Å². The summed E-state index contributed by atoms with van der Waals surface area (Å²) in [6, 6.07) is 6.07. The van der Waals surface area contributed by atoms with Gasteiger partial charge in [0.15, 0.2) is 0 Å². The highest BCUT2D eigenvalue weighted by molar-refractivity contribution is 6.22. The van der Waals surface area contributed by atoms with Crippen molar-refractivity contribution in [1.29, 1.82) is 0 Å². The van der Waals surface area contributed by atoms with Gasteiger partial charge in [-0.15, -0.1) is 0 Å². The number of imide groups is 1. The Bertz CT molecular complexity index is 640. The number of hydrogen-bond acceptors (Lipinski definition) is 3. The molecule has 2 saturated carbocycles. The van der Waals surface area contributed by atoms with Crippen LogP contribution >= 0.6 is 0 Å². The zero-order valence-corrected chi connectivity index (χ0v) is 11.4. The largest absolute Gasteiger partial charge is 0.478 e. The van der Waals surface area contributed by atoms with Crippen LogP contribution < -0.4 is 4.90 Å². The predicted molar refractivity (Wildman–Crippen MR) is 73.7 cm³/mol. The number of fused-ring (bicyclic) bond motifs is 5. The number of carbonyl (C=O) groups excluding carboxylic acids is 2. The molecule has 1 aromatic rings. The molecule has 1 heterocycles. The molecular weight excluding hydrogens is 270 g/mol. The van der Waals surface area contributed by atoms with Gasteiger partial charge in [-0.05, 0) is 49.3 Å². The molecule has 4 unspecified atom stereocenters. The molecule has 4 rings (SSSR count). The molecule has 3 fully saturated rings. The van der Waals surface area contributed by atoms with E-state index in [-0.39, 0.29) is 29.2 Å². The van der Waals surface area contributed by atoms with Crippen LogP contribution in [0.2, 0.25) is 0 Å². The highest BCUT2D eigenvalue weighted by Crippen LogP contribution is 2.56. The highest BCUT2D eigenvalue weighted by atomic mass is 16.4. The average molecular weight is 285 g/mol. The Morgan fingerprint density at radius 3 is 2.29 bits per heavy atom. The summed E-state index contributed by atoms with van der Waals surface area (Å²) < 4.78 is 0. The lowest BCUT2D eigenvalue weighted by molar-refractivity contribution is -0.123. The maximum absolute atomic E-state index is 12.6. The maximum atomic E-state index is 12.6. The van der Waals surface area contributed by atoms with Crippen molar-refractivity contribution in [3.05, 3.63) is 29.8 Å². The van der Waals surface area contributed by atoms with Crippen LogP contribution in [0.5, 0.6) is 0 Å². The lowest BCUT2D eigenvalue weighted by Gasteiger charge is -2.19. The van der Waals surface area contributed by atoms with Crippen molar-refractivity contribution in [3.63, 3.8) is 0 Å². The Labute approximate surface area is 121 Å². The summed E-state index contributed by atoms with van der Waals surface area (Å²) in [5.74, 6) is -1.02. The first-order valence-corrected chi connectivity index (χ1v) is 7.29. The van der Waals surface area contributed by atoms with Crippen LogP contribution in [-0.4, -0.2) is 22.9 Å². The molecule has 0 spiro atoms. The summed E-state index contributed by atoms with van der Waals surface area (Å²) in [7, 11) is 0. The Balaban J connectivity index is 1.73. The summed E-state index contributed by atoms with van der Waals surface area (Å²) in [6.45, 7) is 0. The summed E-state index contributed by atoms with van der Waals surface area (Å²) >= 11 is 0. The van der Waals surface area contributed by atoms with Crippen LogP contribution in [0, 0.1) is 23.7 Å². The Kier molecular flexibility index (Phi) is 2.49. The second-order valence-electron chi connectivity index (χ2n) is 6.25. The van der Waals surface area contributed by atoms with E-state index in [0.29, 0.717) is 17.5 Å². The molecule has 2 aliphatic carbocycles. The van der Waals surface area contributed by atoms with E-state index in [1.54, 1.807) is 12.1 Å². The summed E-state index contributed by atoms with van der Waals surface area (Å²) in [5.41, 5.74) is 0.479. The van der Waals surface area contributed by atoms with Gasteiger partial charge in [0, 0.05) is 0 Å². The lowest BCUT2D eigenvalue weighted by atomic mass is 9.81. The molecule has 1 saturated heterocycles. The fourth-order valence-electron chi connectivity index (χ4n) is 4.44. The average Bonchev–Trinajstić information content (AvgIpc) is 3.13. The van der Waals surface area contributed by atoms with Gasteiger partial charge in [0.2, 0.25) is 11.8 Å². The first-order valence-electron chi connectivity index (χ1n) is 7.29. The van der Waals surface area contributed by atoms with Crippen LogP contribution in [0.4, 0.5) is 5.69 Å². The van der Waals surface area contributed by atoms with E-state index in [2.05, 4.69) is 0 Å². The quantitative estimate of drug-likeness (QED) is 0.842. The zero-order chi connectivity index (χ0) is 14.7. The molecule has 21 heavy (non-hydrogen) atoms. The number of amides is 2. The number of hydrogen-bond donors (Lipinski definition) is 1. The summed E-state index contributed by atoms with van der Waals surface area (Å²) in [6.07, 6.45) is 3.07. The third kappa shape index (κ3) is 1.60. The minimum absolute atomic E-state index is 0.0909. The van der Waals surface area contributed by atoms with Gasteiger partial charge >= 0.3 is 5.97 Å². The second-order valence-corrected chi connectivity index (χ2v) is 6.25. The fraction of sp³-hybridized carbons (Fsp3) is 0.438.